The Morgan fingerprint density at radius 3 is 1.71 bits per heavy atom. The van der Waals surface area contributed by atoms with Gasteiger partial charge in [-0.25, -0.2) is 9.50 Å². The highest BCUT2D eigenvalue weighted by Crippen LogP contribution is 2.52. The molecule has 4 nitrogen and oxygen atoms in total. The zero-order chi connectivity index (χ0) is 32.2. The fourth-order valence-corrected chi connectivity index (χ4v) is 9.61. The van der Waals surface area contributed by atoms with E-state index in [4.69, 9.17) is 10.1 Å². The molecule has 1 atom stereocenters. The van der Waals surface area contributed by atoms with Gasteiger partial charge in [0.2, 0.25) is 0 Å². The van der Waals surface area contributed by atoms with Gasteiger partial charge in [-0.1, -0.05) is 152 Å². The van der Waals surface area contributed by atoms with Crippen molar-refractivity contribution in [2.45, 2.75) is 0 Å². The Bertz CT molecular complexity index is 2520. The second kappa shape index (κ2) is 11.2. The summed E-state index contributed by atoms with van der Waals surface area (Å²) in [5.41, 5.74) is 12.6. The largest absolute Gasteiger partial charge is 0.314 e. The maximum atomic E-state index is 14.1. The lowest BCUT2D eigenvalue weighted by molar-refractivity contribution is 0.591. The fourth-order valence-electron chi connectivity index (χ4n) is 7.03. The molecule has 0 saturated carbocycles. The van der Waals surface area contributed by atoms with Crippen molar-refractivity contribution < 1.29 is 4.57 Å². The summed E-state index contributed by atoms with van der Waals surface area (Å²) in [4.78, 5) is 5.03. The lowest BCUT2D eigenvalue weighted by atomic mass is 9.97. The maximum Gasteiger partial charge on any atom is 0.182 e. The lowest BCUT2D eigenvalue weighted by Gasteiger charge is -2.14. The highest BCUT2D eigenvalue weighted by Gasteiger charge is 2.36. The highest BCUT2D eigenvalue weighted by molar-refractivity contribution is 7.79. The van der Waals surface area contributed by atoms with Gasteiger partial charge in [-0.15, -0.1) is 5.10 Å². The van der Waals surface area contributed by atoms with E-state index in [-0.39, 0.29) is 0 Å². The summed E-state index contributed by atoms with van der Waals surface area (Å²) in [6, 6.07) is 54.3. The number of benzene rings is 6. The van der Waals surface area contributed by atoms with Crippen molar-refractivity contribution in [3.8, 4) is 67.0 Å². The molecular weight excluding hydrogens is 605 g/mol. The van der Waals surface area contributed by atoms with Crippen molar-refractivity contribution in [1.82, 2.24) is 14.6 Å². The van der Waals surface area contributed by atoms with Crippen LogP contribution in [0.5, 0.6) is 0 Å². The van der Waals surface area contributed by atoms with Crippen LogP contribution in [0, 0.1) is 0 Å². The monoisotopic (exact) mass is 635 g/mol. The fraction of sp³-hybridized carbons (Fsp3) is 0.0233. The van der Waals surface area contributed by atoms with E-state index in [1.54, 1.807) is 0 Å². The summed E-state index contributed by atoms with van der Waals surface area (Å²) in [6.45, 7) is 1.90. The number of hydrogen-bond acceptors (Lipinski definition) is 3. The second-order valence-electron chi connectivity index (χ2n) is 12.4. The molecule has 0 spiro atoms. The van der Waals surface area contributed by atoms with Crippen LogP contribution in [-0.4, -0.2) is 21.3 Å². The first-order valence-electron chi connectivity index (χ1n) is 16.1. The van der Waals surface area contributed by atoms with Crippen LogP contribution in [0.2, 0.25) is 0 Å². The Morgan fingerprint density at radius 1 is 0.479 bits per heavy atom. The zero-order valence-electron chi connectivity index (χ0n) is 26.3. The number of fused-ring (bicyclic) bond motifs is 4. The Labute approximate surface area is 279 Å². The quantitative estimate of drug-likeness (QED) is 0.177. The van der Waals surface area contributed by atoms with Gasteiger partial charge in [0.1, 0.15) is 7.14 Å². The van der Waals surface area contributed by atoms with E-state index >= 15 is 0 Å². The molecule has 5 heteroatoms. The minimum atomic E-state index is -2.70. The molecule has 1 aliphatic heterocycles. The molecule has 0 N–H and O–H groups in total. The van der Waals surface area contributed by atoms with Gasteiger partial charge in [0.05, 0.1) is 0 Å². The molecule has 0 saturated heterocycles. The maximum absolute atomic E-state index is 14.1. The summed E-state index contributed by atoms with van der Waals surface area (Å²) in [5.74, 6) is 0.683. The standard InChI is InChI=1S/C43H30N3OP/c1-48(47)40-18-9-8-15-37(40)38-17-10-16-36(41(38)48)33-23-19-30(20-24-33)31-21-25-34(26-22-31)42-44-43-39(32-13-6-3-7-14-32)27-35(28-46(43)45-42)29-11-4-2-5-12-29/h2-28H,1H3. The normalized spacial score (nSPS) is 14.9. The minimum Gasteiger partial charge on any atom is -0.314 e. The van der Waals surface area contributed by atoms with E-state index in [2.05, 4.69) is 134 Å². The van der Waals surface area contributed by atoms with Crippen molar-refractivity contribution in [3.63, 3.8) is 0 Å². The Morgan fingerprint density at radius 2 is 1.00 bits per heavy atom. The average molecular weight is 636 g/mol. The van der Waals surface area contributed by atoms with Crippen LogP contribution in [-0.2, 0) is 4.57 Å². The molecule has 9 rings (SSSR count). The Balaban J connectivity index is 1.04. The minimum absolute atomic E-state index is 0.683. The van der Waals surface area contributed by atoms with Gasteiger partial charge in [-0.2, -0.15) is 0 Å². The first-order valence-corrected chi connectivity index (χ1v) is 18.2. The summed E-state index contributed by atoms with van der Waals surface area (Å²) in [5, 5.41) is 6.86. The van der Waals surface area contributed by atoms with Gasteiger partial charge in [-0.05, 0) is 57.2 Å². The first kappa shape index (κ1) is 28.4. The SMILES string of the molecule is CP1(=O)c2ccccc2-c2cccc(-c3ccc(-c4ccc(-c5nc6c(-c7ccccc7)cc(-c7ccccc7)cn6n5)cc4)cc3)c21. The molecule has 6 aromatic carbocycles. The van der Waals surface area contributed by atoms with Crippen LogP contribution in [0.25, 0.3) is 72.7 Å². The van der Waals surface area contributed by atoms with Crippen molar-refractivity contribution >= 4 is 23.4 Å². The van der Waals surface area contributed by atoms with Gasteiger partial charge in [0.25, 0.3) is 0 Å². The van der Waals surface area contributed by atoms with E-state index in [0.717, 1.165) is 77.5 Å². The number of pyridine rings is 1. The molecule has 0 aliphatic carbocycles. The first-order chi connectivity index (χ1) is 23.5. The summed E-state index contributed by atoms with van der Waals surface area (Å²) >= 11 is 0. The number of rotatable bonds is 5. The van der Waals surface area contributed by atoms with Gasteiger partial charge in [0, 0.05) is 33.5 Å². The van der Waals surface area contributed by atoms with Crippen LogP contribution in [0.3, 0.4) is 0 Å². The molecule has 0 fully saturated rings. The third-order valence-corrected chi connectivity index (χ3v) is 12.1. The summed E-state index contributed by atoms with van der Waals surface area (Å²) in [7, 11) is -2.70. The molecule has 0 bridgehead atoms. The van der Waals surface area contributed by atoms with Crippen LogP contribution in [0.4, 0.5) is 0 Å². The molecule has 2 aromatic heterocycles. The molecule has 48 heavy (non-hydrogen) atoms. The van der Waals surface area contributed by atoms with Crippen LogP contribution in [0.15, 0.2) is 164 Å². The van der Waals surface area contributed by atoms with Crippen LogP contribution >= 0.6 is 7.14 Å². The number of hydrogen-bond donors (Lipinski definition) is 0. The van der Waals surface area contributed by atoms with Gasteiger partial charge in [-0.3, -0.25) is 0 Å². The predicted octanol–water partition coefficient (Wildman–Crippen LogP) is 9.99. The van der Waals surface area contributed by atoms with Gasteiger partial charge in [0.15, 0.2) is 11.5 Å². The van der Waals surface area contributed by atoms with Crippen molar-refractivity contribution in [2.24, 2.45) is 0 Å². The number of aromatic nitrogens is 3. The third-order valence-electron chi connectivity index (χ3n) is 9.41. The molecular formula is C43H30N3OP. The molecule has 8 aromatic rings. The van der Waals surface area contributed by atoms with Crippen LogP contribution in [0.1, 0.15) is 0 Å². The summed E-state index contributed by atoms with van der Waals surface area (Å²) < 4.78 is 16.0. The van der Waals surface area contributed by atoms with E-state index < -0.39 is 7.14 Å². The Kier molecular flexibility index (Phi) is 6.60. The number of nitrogens with zero attached hydrogens (tertiary/aromatic N) is 3. The third kappa shape index (κ3) is 4.65. The van der Waals surface area contributed by atoms with E-state index in [9.17, 15) is 4.57 Å². The topological polar surface area (TPSA) is 47.3 Å². The molecule has 1 aliphatic rings. The van der Waals surface area contributed by atoms with Gasteiger partial charge >= 0.3 is 0 Å². The molecule has 0 amide bonds. The molecule has 1 unspecified atom stereocenters. The van der Waals surface area contributed by atoms with Crippen molar-refractivity contribution in [1.29, 1.82) is 0 Å². The van der Waals surface area contributed by atoms with Gasteiger partial charge < -0.3 is 4.57 Å². The zero-order valence-corrected chi connectivity index (χ0v) is 27.2. The molecule has 0 radical (unpaired) electrons. The van der Waals surface area contributed by atoms with E-state index in [1.165, 1.54) is 0 Å². The van der Waals surface area contributed by atoms with Crippen molar-refractivity contribution in [3.05, 3.63) is 164 Å². The smallest absolute Gasteiger partial charge is 0.182 e. The second-order valence-corrected chi connectivity index (χ2v) is 15.2. The molecule has 3 heterocycles. The Hall–Kier alpha value is -5.83. The van der Waals surface area contributed by atoms with Crippen molar-refractivity contribution in [2.75, 3.05) is 6.66 Å². The highest BCUT2D eigenvalue weighted by atomic mass is 31.2. The van der Waals surface area contributed by atoms with E-state index in [1.807, 2.05) is 41.5 Å². The van der Waals surface area contributed by atoms with E-state index in [0.29, 0.717) is 5.82 Å². The lowest BCUT2D eigenvalue weighted by Crippen LogP contribution is -2.11. The molecule has 228 valence electrons. The average Bonchev–Trinajstić information content (AvgIpc) is 3.69. The predicted molar refractivity (Wildman–Crippen MR) is 198 cm³/mol. The van der Waals surface area contributed by atoms with Crippen LogP contribution < -0.4 is 10.6 Å². The summed E-state index contributed by atoms with van der Waals surface area (Å²) in [6.07, 6.45) is 2.06.